The highest BCUT2D eigenvalue weighted by Gasteiger charge is 2.29. The minimum atomic E-state index is -0.564. The van der Waals surface area contributed by atoms with E-state index in [-0.39, 0.29) is 11.9 Å². The lowest BCUT2D eigenvalue weighted by molar-refractivity contribution is -0.120. The Balaban J connectivity index is 1.87. The van der Waals surface area contributed by atoms with Crippen LogP contribution in [0.3, 0.4) is 0 Å². The molecule has 2 aromatic rings. The predicted molar refractivity (Wildman–Crippen MR) is 79.0 cm³/mol. The van der Waals surface area contributed by atoms with Crippen LogP contribution in [-0.2, 0) is 11.2 Å². The zero-order valence-electron chi connectivity index (χ0n) is 11.6. The fourth-order valence-corrected chi connectivity index (χ4v) is 2.97. The first kappa shape index (κ1) is 13.8. The maximum Gasteiger partial charge on any atom is 0.239 e. The average Bonchev–Trinajstić information content (AvgIpc) is 2.90. The summed E-state index contributed by atoms with van der Waals surface area (Å²) in [7, 11) is 0. The Morgan fingerprint density at radius 1 is 1.19 bits per heavy atom. The Morgan fingerprint density at radius 3 is 2.67 bits per heavy atom. The van der Waals surface area contributed by atoms with Crippen molar-refractivity contribution in [2.45, 2.75) is 24.9 Å². The normalized spacial score (nSPS) is 18.2. The summed E-state index contributed by atoms with van der Waals surface area (Å²) in [5, 5.41) is 3.27. The quantitative estimate of drug-likeness (QED) is 0.907. The third kappa shape index (κ3) is 2.67. The molecule has 1 aliphatic carbocycles. The van der Waals surface area contributed by atoms with Crippen molar-refractivity contribution in [3.63, 3.8) is 0 Å². The number of primary amides is 1. The Kier molecular flexibility index (Phi) is 3.71. The highest BCUT2D eigenvalue weighted by molar-refractivity contribution is 5.81. The number of hydrogen-bond acceptors (Lipinski definition) is 2. The van der Waals surface area contributed by atoms with Crippen LogP contribution in [0.1, 0.15) is 35.2 Å². The number of carbonyl (C=O) groups is 1. The molecule has 0 radical (unpaired) electrons. The number of carbonyl (C=O) groups excluding carboxylic acids is 1. The van der Waals surface area contributed by atoms with Gasteiger partial charge in [-0.15, -0.1) is 0 Å². The van der Waals surface area contributed by atoms with E-state index in [2.05, 4.69) is 5.32 Å². The molecule has 1 amide bonds. The largest absolute Gasteiger partial charge is 0.368 e. The smallest absolute Gasteiger partial charge is 0.239 e. The molecule has 108 valence electrons. The molecular formula is C17H17FN2O. The summed E-state index contributed by atoms with van der Waals surface area (Å²) in [5.41, 5.74) is 8.02. The van der Waals surface area contributed by atoms with Crippen molar-refractivity contribution in [1.82, 2.24) is 5.32 Å². The van der Waals surface area contributed by atoms with Crippen molar-refractivity contribution < 1.29 is 9.18 Å². The molecule has 3 rings (SSSR count). The zero-order chi connectivity index (χ0) is 14.8. The van der Waals surface area contributed by atoms with E-state index in [0.29, 0.717) is 6.42 Å². The molecule has 1 aliphatic rings. The summed E-state index contributed by atoms with van der Waals surface area (Å²) in [6.07, 6.45) is 1.45. The van der Waals surface area contributed by atoms with Crippen LogP contribution in [0, 0.1) is 5.82 Å². The van der Waals surface area contributed by atoms with Crippen LogP contribution >= 0.6 is 0 Å². The van der Waals surface area contributed by atoms with Crippen LogP contribution in [0.2, 0.25) is 0 Å². The van der Waals surface area contributed by atoms with Crippen LogP contribution in [0.15, 0.2) is 48.5 Å². The number of nitrogens with one attached hydrogen (secondary N) is 1. The minimum absolute atomic E-state index is 0.0478. The van der Waals surface area contributed by atoms with Gasteiger partial charge in [0.25, 0.3) is 0 Å². The molecule has 0 spiro atoms. The van der Waals surface area contributed by atoms with Gasteiger partial charge in [-0.3, -0.25) is 10.1 Å². The molecule has 0 saturated heterocycles. The molecule has 0 unspecified atom stereocenters. The standard InChI is InChI=1S/C17H17FN2O/c18-14-8-4-7-13-12(14)9-10-15(13)20-16(17(19)21)11-5-2-1-3-6-11/h1-8,15-16,20H,9-10H2,(H2,19,21)/t15-,16-/m1/s1. The van der Waals surface area contributed by atoms with Gasteiger partial charge in [0, 0.05) is 6.04 Å². The number of nitrogens with two attached hydrogens (primary N) is 1. The maximum absolute atomic E-state index is 13.8. The van der Waals surface area contributed by atoms with Crippen molar-refractivity contribution in [3.8, 4) is 0 Å². The molecule has 0 aliphatic heterocycles. The Hall–Kier alpha value is -2.20. The molecule has 2 aromatic carbocycles. The van der Waals surface area contributed by atoms with Gasteiger partial charge in [-0.05, 0) is 35.6 Å². The molecule has 21 heavy (non-hydrogen) atoms. The van der Waals surface area contributed by atoms with E-state index in [9.17, 15) is 9.18 Å². The van der Waals surface area contributed by atoms with Crippen molar-refractivity contribution in [2.24, 2.45) is 5.73 Å². The average molecular weight is 284 g/mol. The summed E-state index contributed by atoms with van der Waals surface area (Å²) < 4.78 is 13.8. The second kappa shape index (κ2) is 5.66. The lowest BCUT2D eigenvalue weighted by atomic mass is 10.0. The number of rotatable bonds is 4. The van der Waals surface area contributed by atoms with E-state index in [1.54, 1.807) is 6.07 Å². The summed E-state index contributed by atoms with van der Waals surface area (Å²) in [4.78, 5) is 11.8. The molecule has 4 heteroatoms. The number of hydrogen-bond donors (Lipinski definition) is 2. The van der Waals surface area contributed by atoms with Gasteiger partial charge in [0.15, 0.2) is 0 Å². The molecular weight excluding hydrogens is 267 g/mol. The lowest BCUT2D eigenvalue weighted by Crippen LogP contribution is -2.35. The molecule has 0 heterocycles. The Bertz CT molecular complexity index is 657. The van der Waals surface area contributed by atoms with E-state index in [1.807, 2.05) is 36.4 Å². The van der Waals surface area contributed by atoms with E-state index in [4.69, 9.17) is 5.73 Å². The van der Waals surface area contributed by atoms with Crippen molar-refractivity contribution in [2.75, 3.05) is 0 Å². The first-order chi connectivity index (χ1) is 10.2. The number of halogens is 1. The second-order valence-corrected chi connectivity index (χ2v) is 5.31. The number of amides is 1. The topological polar surface area (TPSA) is 55.1 Å². The van der Waals surface area contributed by atoms with E-state index in [0.717, 1.165) is 23.1 Å². The molecule has 0 fully saturated rings. The van der Waals surface area contributed by atoms with E-state index >= 15 is 0 Å². The molecule has 0 aromatic heterocycles. The van der Waals surface area contributed by atoms with Gasteiger partial charge in [0.1, 0.15) is 11.9 Å². The van der Waals surface area contributed by atoms with Gasteiger partial charge in [-0.25, -0.2) is 4.39 Å². The monoisotopic (exact) mass is 284 g/mol. The first-order valence-corrected chi connectivity index (χ1v) is 7.04. The highest BCUT2D eigenvalue weighted by atomic mass is 19.1. The summed E-state index contributed by atoms with van der Waals surface area (Å²) >= 11 is 0. The summed E-state index contributed by atoms with van der Waals surface area (Å²) in [5.74, 6) is -0.599. The second-order valence-electron chi connectivity index (χ2n) is 5.31. The van der Waals surface area contributed by atoms with Gasteiger partial charge < -0.3 is 5.73 Å². The SMILES string of the molecule is NC(=O)[C@H](N[C@@H]1CCc2c(F)cccc21)c1ccccc1. The van der Waals surface area contributed by atoms with Gasteiger partial charge in [-0.2, -0.15) is 0 Å². The Labute approximate surface area is 123 Å². The molecule has 2 atom stereocenters. The fraction of sp³-hybridized carbons (Fsp3) is 0.235. The van der Waals surface area contributed by atoms with Gasteiger partial charge in [0.05, 0.1) is 0 Å². The van der Waals surface area contributed by atoms with Gasteiger partial charge >= 0.3 is 0 Å². The number of fused-ring (bicyclic) bond motifs is 1. The third-order valence-corrected chi connectivity index (χ3v) is 4.00. The molecule has 3 nitrogen and oxygen atoms in total. The van der Waals surface area contributed by atoms with E-state index < -0.39 is 11.9 Å². The molecule has 0 bridgehead atoms. The molecule has 3 N–H and O–H groups in total. The van der Waals surface area contributed by atoms with Crippen molar-refractivity contribution >= 4 is 5.91 Å². The van der Waals surface area contributed by atoms with Crippen LogP contribution < -0.4 is 11.1 Å². The van der Waals surface area contributed by atoms with Crippen LogP contribution in [0.4, 0.5) is 4.39 Å². The highest BCUT2D eigenvalue weighted by Crippen LogP contribution is 2.34. The first-order valence-electron chi connectivity index (χ1n) is 7.04. The summed E-state index contributed by atoms with van der Waals surface area (Å²) in [6.45, 7) is 0. The van der Waals surface area contributed by atoms with Gasteiger partial charge in [0.2, 0.25) is 5.91 Å². The number of benzene rings is 2. The van der Waals surface area contributed by atoms with Gasteiger partial charge in [-0.1, -0.05) is 42.5 Å². The maximum atomic E-state index is 13.8. The minimum Gasteiger partial charge on any atom is -0.368 e. The predicted octanol–water partition coefficient (Wildman–Crippen LogP) is 2.63. The zero-order valence-corrected chi connectivity index (χ0v) is 11.6. The lowest BCUT2D eigenvalue weighted by Gasteiger charge is -2.21. The van der Waals surface area contributed by atoms with Crippen molar-refractivity contribution in [3.05, 3.63) is 71.0 Å². The fourth-order valence-electron chi connectivity index (χ4n) is 2.97. The van der Waals surface area contributed by atoms with Crippen LogP contribution in [0.5, 0.6) is 0 Å². The van der Waals surface area contributed by atoms with Crippen LogP contribution in [0.25, 0.3) is 0 Å². The Morgan fingerprint density at radius 2 is 1.95 bits per heavy atom. The molecule has 0 saturated carbocycles. The van der Waals surface area contributed by atoms with Crippen LogP contribution in [-0.4, -0.2) is 5.91 Å². The summed E-state index contributed by atoms with van der Waals surface area (Å²) in [6, 6.07) is 13.8. The van der Waals surface area contributed by atoms with Crippen molar-refractivity contribution in [1.29, 1.82) is 0 Å². The van der Waals surface area contributed by atoms with E-state index in [1.165, 1.54) is 6.07 Å². The third-order valence-electron chi connectivity index (χ3n) is 4.00.